The summed E-state index contributed by atoms with van der Waals surface area (Å²) in [4.78, 5) is 23.8. The number of methoxy groups -OCH3 is 1. The lowest BCUT2D eigenvalue weighted by atomic mass is 9.98. The number of carboxylic acid groups (broad SMARTS) is 1. The zero-order valence-corrected chi connectivity index (χ0v) is 17.9. The zero-order valence-electron chi connectivity index (χ0n) is 17.9. The summed E-state index contributed by atoms with van der Waals surface area (Å²) < 4.78 is 49.0. The molecule has 2 aromatic carbocycles. The second-order valence-corrected chi connectivity index (χ2v) is 7.81. The lowest BCUT2D eigenvalue weighted by molar-refractivity contribution is -0.146. The highest BCUT2D eigenvalue weighted by Gasteiger charge is 2.42. The minimum Gasteiger partial charge on any atom is -0.493 e. The van der Waals surface area contributed by atoms with Crippen LogP contribution in [0.3, 0.4) is 0 Å². The highest BCUT2D eigenvalue weighted by Crippen LogP contribution is 2.32. The molecule has 0 heterocycles. The van der Waals surface area contributed by atoms with Crippen molar-refractivity contribution in [2.45, 2.75) is 44.0 Å². The Morgan fingerprint density at radius 2 is 1.76 bits per heavy atom. The topological polar surface area (TPSA) is 84.9 Å². The van der Waals surface area contributed by atoms with Gasteiger partial charge in [0.05, 0.1) is 12.7 Å². The highest BCUT2D eigenvalue weighted by molar-refractivity contribution is 5.96. The molecule has 1 saturated carbocycles. The van der Waals surface area contributed by atoms with Gasteiger partial charge in [-0.3, -0.25) is 4.79 Å². The van der Waals surface area contributed by atoms with Crippen molar-refractivity contribution in [1.29, 1.82) is 0 Å². The largest absolute Gasteiger partial charge is 0.493 e. The molecule has 3 rings (SSSR count). The Bertz CT molecular complexity index is 1030. The van der Waals surface area contributed by atoms with Gasteiger partial charge >= 0.3 is 12.1 Å². The van der Waals surface area contributed by atoms with E-state index in [9.17, 15) is 27.9 Å². The molecule has 1 amide bonds. The first-order chi connectivity index (χ1) is 15.6. The van der Waals surface area contributed by atoms with E-state index in [-0.39, 0.29) is 6.61 Å². The van der Waals surface area contributed by atoms with Gasteiger partial charge in [-0.2, -0.15) is 13.2 Å². The predicted molar refractivity (Wildman–Crippen MR) is 115 cm³/mol. The van der Waals surface area contributed by atoms with Gasteiger partial charge in [-0.15, -0.1) is 0 Å². The van der Waals surface area contributed by atoms with Crippen molar-refractivity contribution >= 4 is 18.0 Å². The number of carbonyl (C=O) groups excluding carboxylic acids is 1. The normalized spacial score (nSPS) is 15.4. The molecular formula is C24H24F3NO5. The van der Waals surface area contributed by atoms with Gasteiger partial charge in [0.1, 0.15) is 12.1 Å². The molecule has 0 unspecified atom stereocenters. The van der Waals surface area contributed by atoms with Crippen molar-refractivity contribution in [1.82, 2.24) is 5.32 Å². The maximum atomic E-state index is 12.7. The first-order valence-corrected chi connectivity index (χ1v) is 10.3. The number of ether oxygens (including phenoxy) is 2. The Labute approximate surface area is 189 Å². The number of carboxylic acids is 1. The van der Waals surface area contributed by atoms with E-state index >= 15 is 0 Å². The molecule has 0 bridgehead atoms. The molecule has 2 N–H and O–H groups in total. The van der Waals surface area contributed by atoms with Crippen LogP contribution < -0.4 is 14.8 Å². The van der Waals surface area contributed by atoms with Crippen LogP contribution in [0, 0.1) is 0 Å². The van der Waals surface area contributed by atoms with E-state index in [4.69, 9.17) is 9.47 Å². The molecule has 0 aromatic heterocycles. The molecule has 1 fully saturated rings. The van der Waals surface area contributed by atoms with E-state index < -0.39 is 29.2 Å². The number of halogens is 3. The Morgan fingerprint density at radius 3 is 2.33 bits per heavy atom. The van der Waals surface area contributed by atoms with Crippen LogP contribution in [-0.4, -0.2) is 29.6 Å². The standard InChI is InChI=1S/C24H24F3NO5/c1-32-20-14-16(7-11-21(29)28-23(22(30)31)12-2-3-13-23)6-10-19(20)33-15-17-4-8-18(9-5-17)24(25,26)27/h4-11,14H,2-3,12-13,15H2,1H3,(H,28,29)(H,30,31). The van der Waals surface area contributed by atoms with Crippen LogP contribution in [-0.2, 0) is 22.4 Å². The fourth-order valence-electron chi connectivity index (χ4n) is 3.68. The van der Waals surface area contributed by atoms with E-state index in [1.165, 1.54) is 31.4 Å². The van der Waals surface area contributed by atoms with Gasteiger partial charge in [-0.05, 0) is 54.3 Å². The average Bonchev–Trinajstić information content (AvgIpc) is 3.26. The molecule has 0 radical (unpaired) electrons. The van der Waals surface area contributed by atoms with Crippen molar-refractivity contribution in [3.8, 4) is 11.5 Å². The van der Waals surface area contributed by atoms with Crippen LogP contribution in [0.15, 0.2) is 48.5 Å². The molecule has 6 nitrogen and oxygen atoms in total. The quantitative estimate of drug-likeness (QED) is 0.549. The first-order valence-electron chi connectivity index (χ1n) is 10.3. The van der Waals surface area contributed by atoms with Gasteiger partial charge in [0, 0.05) is 6.08 Å². The zero-order chi connectivity index (χ0) is 24.1. The number of benzene rings is 2. The third-order valence-electron chi connectivity index (χ3n) is 5.52. The smallest absolute Gasteiger partial charge is 0.416 e. The number of rotatable bonds is 8. The molecule has 1 aliphatic carbocycles. The predicted octanol–water partition coefficient (Wildman–Crippen LogP) is 4.82. The molecule has 0 spiro atoms. The first kappa shape index (κ1) is 24.2. The summed E-state index contributed by atoms with van der Waals surface area (Å²) in [6.45, 7) is 0.0450. The summed E-state index contributed by atoms with van der Waals surface area (Å²) >= 11 is 0. The van der Waals surface area contributed by atoms with Gasteiger partial charge in [-0.25, -0.2) is 4.79 Å². The minimum atomic E-state index is -4.39. The fraction of sp³-hybridized carbons (Fsp3) is 0.333. The Kier molecular flexibility index (Phi) is 7.30. The van der Waals surface area contributed by atoms with Crippen molar-refractivity contribution in [2.75, 3.05) is 7.11 Å². The molecule has 2 aromatic rings. The van der Waals surface area contributed by atoms with Gasteiger partial charge in [0.2, 0.25) is 5.91 Å². The Morgan fingerprint density at radius 1 is 1.09 bits per heavy atom. The van der Waals surface area contributed by atoms with Crippen molar-refractivity contribution in [2.24, 2.45) is 0 Å². The van der Waals surface area contributed by atoms with Crippen LogP contribution in [0.4, 0.5) is 13.2 Å². The molecule has 176 valence electrons. The number of alkyl halides is 3. The Hall–Kier alpha value is -3.49. The summed E-state index contributed by atoms with van der Waals surface area (Å²) in [6, 6.07) is 9.61. The lowest BCUT2D eigenvalue weighted by Crippen LogP contribution is -2.52. The maximum Gasteiger partial charge on any atom is 0.416 e. The molecule has 0 aliphatic heterocycles. The molecule has 9 heteroatoms. The van der Waals surface area contributed by atoms with E-state index in [0.29, 0.717) is 35.5 Å². The Balaban J connectivity index is 1.63. The van der Waals surface area contributed by atoms with Gasteiger partial charge in [0.15, 0.2) is 11.5 Å². The van der Waals surface area contributed by atoms with Crippen LogP contribution >= 0.6 is 0 Å². The lowest BCUT2D eigenvalue weighted by Gasteiger charge is -2.24. The third-order valence-corrected chi connectivity index (χ3v) is 5.52. The van der Waals surface area contributed by atoms with Crippen molar-refractivity contribution in [3.05, 3.63) is 65.2 Å². The number of hydrogen-bond donors (Lipinski definition) is 2. The van der Waals surface area contributed by atoms with E-state index in [0.717, 1.165) is 25.0 Å². The maximum absolute atomic E-state index is 12.7. The number of nitrogens with one attached hydrogen (secondary N) is 1. The number of aliphatic carboxylic acids is 1. The molecule has 0 atom stereocenters. The van der Waals surface area contributed by atoms with E-state index in [1.807, 2.05) is 0 Å². The monoisotopic (exact) mass is 463 g/mol. The molecule has 0 saturated heterocycles. The van der Waals surface area contributed by atoms with Crippen LogP contribution in [0.1, 0.15) is 42.4 Å². The summed E-state index contributed by atoms with van der Waals surface area (Å²) in [5, 5.41) is 12.1. The fourth-order valence-corrected chi connectivity index (χ4v) is 3.68. The second kappa shape index (κ2) is 9.97. The van der Waals surface area contributed by atoms with Crippen LogP contribution in [0.25, 0.3) is 6.08 Å². The summed E-state index contributed by atoms with van der Waals surface area (Å²) in [5.41, 5.74) is -0.759. The van der Waals surface area contributed by atoms with Crippen LogP contribution in [0.2, 0.25) is 0 Å². The van der Waals surface area contributed by atoms with Gasteiger partial charge < -0.3 is 19.9 Å². The number of hydrogen-bond acceptors (Lipinski definition) is 4. The number of carbonyl (C=O) groups is 2. The van der Waals surface area contributed by atoms with E-state index in [2.05, 4.69) is 5.32 Å². The second-order valence-electron chi connectivity index (χ2n) is 7.81. The van der Waals surface area contributed by atoms with Gasteiger partial charge in [0.25, 0.3) is 0 Å². The average molecular weight is 463 g/mol. The van der Waals surface area contributed by atoms with Crippen molar-refractivity contribution < 1.29 is 37.3 Å². The van der Waals surface area contributed by atoms with Crippen molar-refractivity contribution in [3.63, 3.8) is 0 Å². The molecule has 1 aliphatic rings. The third kappa shape index (κ3) is 6.06. The van der Waals surface area contributed by atoms with Gasteiger partial charge in [-0.1, -0.05) is 31.0 Å². The number of amides is 1. The summed E-state index contributed by atoms with van der Waals surface area (Å²) in [5.74, 6) is -0.768. The molecule has 33 heavy (non-hydrogen) atoms. The SMILES string of the molecule is COc1cc(C=CC(=O)NC2(C(=O)O)CCCC2)ccc1OCc1ccc(C(F)(F)F)cc1. The van der Waals surface area contributed by atoms with E-state index in [1.54, 1.807) is 18.2 Å². The van der Waals surface area contributed by atoms with Crippen LogP contribution in [0.5, 0.6) is 11.5 Å². The summed E-state index contributed by atoms with van der Waals surface area (Å²) in [6.07, 6.45) is 0.709. The summed E-state index contributed by atoms with van der Waals surface area (Å²) in [7, 11) is 1.44. The molecular weight excluding hydrogens is 439 g/mol. The highest BCUT2D eigenvalue weighted by atomic mass is 19.4. The minimum absolute atomic E-state index is 0.0450.